The summed E-state index contributed by atoms with van der Waals surface area (Å²) in [6.07, 6.45) is 3.71. The van der Waals surface area contributed by atoms with E-state index in [1.165, 1.54) is 0 Å². The molecule has 2 amide bonds. The molecule has 2 aliphatic rings. The summed E-state index contributed by atoms with van der Waals surface area (Å²) in [5.41, 5.74) is -0.0854. The van der Waals surface area contributed by atoms with E-state index in [2.05, 4.69) is 10.6 Å². The fourth-order valence-electron chi connectivity index (χ4n) is 3.06. The van der Waals surface area contributed by atoms with Gasteiger partial charge in [0.15, 0.2) is 0 Å². The van der Waals surface area contributed by atoms with Gasteiger partial charge < -0.3 is 20.5 Å². The standard InChI is InChI=1S/C17H24N2O3/c20-16(19-15-8-10-22-11-9-15)18-12-17(21,14-6-7-14)13-4-2-1-3-5-13/h1-5,14-15,21H,6-12H2,(H2,18,19,20)/t17-/m1/s1. The number of carbonyl (C=O) groups excluding carboxylic acids is 1. The topological polar surface area (TPSA) is 70.6 Å². The molecular weight excluding hydrogens is 280 g/mol. The molecule has 22 heavy (non-hydrogen) atoms. The predicted octanol–water partition coefficient (Wildman–Crippen LogP) is 1.76. The van der Waals surface area contributed by atoms with E-state index in [9.17, 15) is 9.90 Å². The number of amides is 2. The highest BCUT2D eigenvalue weighted by Gasteiger charge is 2.45. The molecule has 1 saturated heterocycles. The monoisotopic (exact) mass is 304 g/mol. The van der Waals surface area contributed by atoms with Gasteiger partial charge in [0.25, 0.3) is 0 Å². The van der Waals surface area contributed by atoms with Crippen molar-refractivity contribution in [2.45, 2.75) is 37.3 Å². The van der Waals surface area contributed by atoms with Crippen molar-refractivity contribution in [2.75, 3.05) is 19.8 Å². The number of nitrogens with one attached hydrogen (secondary N) is 2. The third-order valence-electron chi connectivity index (χ3n) is 4.60. The van der Waals surface area contributed by atoms with Gasteiger partial charge in [-0.25, -0.2) is 4.79 Å². The van der Waals surface area contributed by atoms with Crippen LogP contribution in [0.25, 0.3) is 0 Å². The van der Waals surface area contributed by atoms with E-state index in [-0.39, 0.29) is 24.5 Å². The highest BCUT2D eigenvalue weighted by atomic mass is 16.5. The van der Waals surface area contributed by atoms with Crippen molar-refractivity contribution in [1.82, 2.24) is 10.6 Å². The van der Waals surface area contributed by atoms with Crippen LogP contribution in [-0.4, -0.2) is 36.9 Å². The van der Waals surface area contributed by atoms with Crippen LogP contribution in [0, 0.1) is 5.92 Å². The van der Waals surface area contributed by atoms with Gasteiger partial charge in [0, 0.05) is 19.3 Å². The third kappa shape index (κ3) is 3.59. The van der Waals surface area contributed by atoms with Crippen LogP contribution in [0.15, 0.2) is 30.3 Å². The lowest BCUT2D eigenvalue weighted by Gasteiger charge is -2.30. The second-order valence-corrected chi connectivity index (χ2v) is 6.28. The van der Waals surface area contributed by atoms with E-state index < -0.39 is 5.60 Å². The highest BCUT2D eigenvalue weighted by Crippen LogP contribution is 2.45. The Kier molecular flexibility index (Phi) is 4.64. The first kappa shape index (κ1) is 15.3. The minimum Gasteiger partial charge on any atom is -0.383 e. The van der Waals surface area contributed by atoms with Crippen molar-refractivity contribution in [3.8, 4) is 0 Å². The summed E-state index contributed by atoms with van der Waals surface area (Å²) in [5, 5.41) is 16.8. The Balaban J connectivity index is 1.56. The van der Waals surface area contributed by atoms with Crippen molar-refractivity contribution in [3.05, 3.63) is 35.9 Å². The molecule has 1 atom stereocenters. The normalized spacial score (nSPS) is 21.9. The zero-order chi connectivity index (χ0) is 15.4. The molecule has 3 rings (SSSR count). The Bertz CT molecular complexity index is 498. The fraction of sp³-hybridized carbons (Fsp3) is 0.588. The van der Waals surface area contributed by atoms with Crippen LogP contribution in [0.3, 0.4) is 0 Å². The molecule has 1 aromatic rings. The van der Waals surface area contributed by atoms with Crippen LogP contribution in [0.5, 0.6) is 0 Å². The predicted molar refractivity (Wildman–Crippen MR) is 83.4 cm³/mol. The van der Waals surface area contributed by atoms with E-state index >= 15 is 0 Å². The SMILES string of the molecule is O=C(NC[C@@](O)(c1ccccc1)C1CC1)NC1CCOCC1. The number of hydrogen-bond donors (Lipinski definition) is 3. The molecule has 2 fully saturated rings. The summed E-state index contributed by atoms with van der Waals surface area (Å²) < 4.78 is 5.28. The molecule has 120 valence electrons. The fourth-order valence-corrected chi connectivity index (χ4v) is 3.06. The second kappa shape index (κ2) is 6.67. The Hall–Kier alpha value is -1.59. The number of benzene rings is 1. The van der Waals surface area contributed by atoms with E-state index in [1.807, 2.05) is 30.3 Å². The maximum Gasteiger partial charge on any atom is 0.315 e. The molecule has 0 aromatic heterocycles. The van der Waals surface area contributed by atoms with E-state index in [4.69, 9.17) is 4.74 Å². The number of hydrogen-bond acceptors (Lipinski definition) is 3. The Morgan fingerprint density at radius 1 is 1.18 bits per heavy atom. The molecular formula is C17H24N2O3. The lowest BCUT2D eigenvalue weighted by atomic mass is 9.89. The van der Waals surface area contributed by atoms with Crippen LogP contribution in [-0.2, 0) is 10.3 Å². The Morgan fingerprint density at radius 3 is 2.50 bits per heavy atom. The lowest BCUT2D eigenvalue weighted by molar-refractivity contribution is 0.0156. The summed E-state index contributed by atoms with van der Waals surface area (Å²) in [5.74, 6) is 0.235. The van der Waals surface area contributed by atoms with Crippen molar-refractivity contribution in [3.63, 3.8) is 0 Å². The molecule has 3 N–H and O–H groups in total. The van der Waals surface area contributed by atoms with Gasteiger partial charge in [-0.3, -0.25) is 0 Å². The molecule has 1 aromatic carbocycles. The highest BCUT2D eigenvalue weighted by molar-refractivity contribution is 5.74. The molecule has 5 heteroatoms. The van der Waals surface area contributed by atoms with Gasteiger partial charge in [-0.15, -0.1) is 0 Å². The molecule has 1 saturated carbocycles. The van der Waals surface area contributed by atoms with Crippen molar-refractivity contribution in [2.24, 2.45) is 5.92 Å². The first-order valence-corrected chi connectivity index (χ1v) is 8.08. The van der Waals surface area contributed by atoms with Crippen LogP contribution >= 0.6 is 0 Å². The van der Waals surface area contributed by atoms with Gasteiger partial charge in [-0.05, 0) is 37.2 Å². The minimum atomic E-state index is -0.964. The van der Waals surface area contributed by atoms with Gasteiger partial charge in [0.1, 0.15) is 5.60 Å². The number of aliphatic hydroxyl groups is 1. The number of ether oxygens (including phenoxy) is 1. The Morgan fingerprint density at radius 2 is 1.86 bits per heavy atom. The summed E-state index contributed by atoms with van der Waals surface area (Å²) >= 11 is 0. The largest absolute Gasteiger partial charge is 0.383 e. The van der Waals surface area contributed by atoms with Gasteiger partial charge in [-0.1, -0.05) is 30.3 Å². The van der Waals surface area contributed by atoms with Crippen molar-refractivity contribution in [1.29, 1.82) is 0 Å². The van der Waals surface area contributed by atoms with Crippen molar-refractivity contribution < 1.29 is 14.6 Å². The Labute approximate surface area is 131 Å². The minimum absolute atomic E-state index is 0.166. The van der Waals surface area contributed by atoms with Crippen LogP contribution in [0.4, 0.5) is 4.79 Å². The maximum atomic E-state index is 12.1. The molecule has 1 aliphatic heterocycles. The zero-order valence-electron chi connectivity index (χ0n) is 12.8. The maximum absolute atomic E-state index is 12.1. The molecule has 0 radical (unpaired) electrons. The third-order valence-corrected chi connectivity index (χ3v) is 4.60. The molecule has 1 aliphatic carbocycles. The number of carbonyl (C=O) groups is 1. The average molecular weight is 304 g/mol. The van der Waals surface area contributed by atoms with Gasteiger partial charge >= 0.3 is 6.03 Å². The smallest absolute Gasteiger partial charge is 0.315 e. The molecule has 5 nitrogen and oxygen atoms in total. The first-order valence-electron chi connectivity index (χ1n) is 8.08. The zero-order valence-corrected chi connectivity index (χ0v) is 12.8. The van der Waals surface area contributed by atoms with Crippen LogP contribution in [0.1, 0.15) is 31.2 Å². The molecule has 0 spiro atoms. The quantitative estimate of drug-likeness (QED) is 0.776. The molecule has 0 bridgehead atoms. The molecule has 1 heterocycles. The van der Waals surface area contributed by atoms with E-state index in [0.29, 0.717) is 13.2 Å². The summed E-state index contributed by atoms with van der Waals surface area (Å²) in [6, 6.07) is 9.59. The van der Waals surface area contributed by atoms with Crippen LogP contribution in [0.2, 0.25) is 0 Å². The summed E-state index contributed by atoms with van der Waals surface area (Å²) in [7, 11) is 0. The average Bonchev–Trinajstić information content (AvgIpc) is 3.40. The van der Waals surface area contributed by atoms with Gasteiger partial charge in [-0.2, -0.15) is 0 Å². The summed E-state index contributed by atoms with van der Waals surface area (Å²) in [6.45, 7) is 1.64. The van der Waals surface area contributed by atoms with E-state index in [1.54, 1.807) is 0 Å². The van der Waals surface area contributed by atoms with E-state index in [0.717, 1.165) is 31.2 Å². The lowest BCUT2D eigenvalue weighted by Crippen LogP contribution is -2.49. The van der Waals surface area contributed by atoms with Gasteiger partial charge in [0.05, 0.1) is 6.54 Å². The second-order valence-electron chi connectivity index (χ2n) is 6.28. The summed E-state index contributed by atoms with van der Waals surface area (Å²) in [4.78, 5) is 12.1. The van der Waals surface area contributed by atoms with Crippen molar-refractivity contribution >= 4 is 6.03 Å². The number of rotatable bonds is 5. The van der Waals surface area contributed by atoms with Crippen LogP contribution < -0.4 is 10.6 Å². The van der Waals surface area contributed by atoms with Gasteiger partial charge in [0.2, 0.25) is 0 Å². The molecule has 0 unspecified atom stereocenters. The first-order chi connectivity index (χ1) is 10.7. The number of urea groups is 1.